The van der Waals surface area contributed by atoms with E-state index in [2.05, 4.69) is 29.3 Å². The fourth-order valence-corrected chi connectivity index (χ4v) is 1.39. The van der Waals surface area contributed by atoms with E-state index < -0.39 is 0 Å². The third-order valence-electron chi connectivity index (χ3n) is 2.17. The molecule has 1 amide bonds. The van der Waals surface area contributed by atoms with Crippen LogP contribution in [0, 0.1) is 6.92 Å². The lowest BCUT2D eigenvalue weighted by Crippen LogP contribution is -2.28. The fourth-order valence-electron chi connectivity index (χ4n) is 1.39. The van der Waals surface area contributed by atoms with Gasteiger partial charge in [0.05, 0.1) is 0 Å². The number of carbonyl (C=O) groups excluding carboxylic acids is 1. The van der Waals surface area contributed by atoms with Crippen molar-refractivity contribution in [2.45, 2.75) is 6.92 Å². The topological polar surface area (TPSA) is 32.3 Å². The van der Waals surface area contributed by atoms with E-state index in [0.29, 0.717) is 6.54 Å². The second-order valence-corrected chi connectivity index (χ2v) is 3.24. The molecule has 0 unspecified atom stereocenters. The van der Waals surface area contributed by atoms with Crippen LogP contribution in [0.2, 0.25) is 0 Å². The average Bonchev–Trinajstić information content (AvgIpc) is 2.18. The highest BCUT2D eigenvalue weighted by molar-refractivity contribution is 5.52. The molecule has 0 aliphatic carbocycles. The summed E-state index contributed by atoms with van der Waals surface area (Å²) < 4.78 is 0. The summed E-state index contributed by atoms with van der Waals surface area (Å²) in [4.78, 5) is 12.0. The first kappa shape index (κ1) is 10.6. The van der Waals surface area contributed by atoms with Crippen LogP contribution in [0.4, 0.5) is 5.69 Å². The van der Waals surface area contributed by atoms with Crippen LogP contribution < -0.4 is 10.2 Å². The Bertz CT molecular complexity index is 299. The number of rotatable bonds is 5. The summed E-state index contributed by atoms with van der Waals surface area (Å²) >= 11 is 0. The summed E-state index contributed by atoms with van der Waals surface area (Å²) in [6.07, 6.45) is 1.66. The normalized spacial score (nSPS) is 9.57. The van der Waals surface area contributed by atoms with Gasteiger partial charge in [0.2, 0.25) is 0 Å². The van der Waals surface area contributed by atoms with E-state index in [1.165, 1.54) is 11.3 Å². The minimum absolute atomic E-state index is 0.619. The van der Waals surface area contributed by atoms with Crippen LogP contribution in [0.1, 0.15) is 5.56 Å². The lowest BCUT2D eigenvalue weighted by atomic mass is 10.2. The average molecular weight is 191 g/mol. The zero-order valence-corrected chi connectivity index (χ0v) is 8.58. The highest BCUT2D eigenvalue weighted by atomic mass is 16.1. The second-order valence-electron chi connectivity index (χ2n) is 3.24. The third kappa shape index (κ3) is 2.76. The van der Waals surface area contributed by atoms with Gasteiger partial charge in [-0.25, -0.2) is 0 Å². The third-order valence-corrected chi connectivity index (χ3v) is 2.17. The van der Waals surface area contributed by atoms with Crippen LogP contribution in [0.5, 0.6) is 0 Å². The standard InChI is InChI=1S/C11H15N2O/c1-10-5-3-4-6-11(10)13(2)8-7-12-9-14/h3-6H,7-8H2,1-2H3,(H,12,14). The molecular formula is C11H15N2O. The molecule has 1 radical (unpaired) electrons. The van der Waals surface area contributed by atoms with Gasteiger partial charge in [-0.15, -0.1) is 0 Å². The maximum Gasteiger partial charge on any atom is 0.309 e. The minimum atomic E-state index is 0.619. The Balaban J connectivity index is 2.55. The van der Waals surface area contributed by atoms with Crippen molar-refractivity contribution >= 4 is 12.1 Å². The molecule has 1 N–H and O–H groups in total. The lowest BCUT2D eigenvalue weighted by molar-refractivity contribution is 0.542. The zero-order chi connectivity index (χ0) is 10.4. The molecule has 0 aliphatic heterocycles. The maximum atomic E-state index is 9.94. The summed E-state index contributed by atoms with van der Waals surface area (Å²) in [5.41, 5.74) is 2.44. The molecule has 0 saturated carbocycles. The van der Waals surface area contributed by atoms with Crippen LogP contribution in [-0.4, -0.2) is 26.5 Å². The molecule has 1 aromatic carbocycles. The summed E-state index contributed by atoms with van der Waals surface area (Å²) in [7, 11) is 2.01. The fraction of sp³-hybridized carbons (Fsp3) is 0.364. The van der Waals surface area contributed by atoms with Crippen LogP contribution >= 0.6 is 0 Å². The first-order chi connectivity index (χ1) is 6.75. The van der Waals surface area contributed by atoms with Crippen molar-refractivity contribution in [2.24, 2.45) is 0 Å². The number of hydrogen-bond donors (Lipinski definition) is 1. The molecule has 0 aliphatic rings. The Morgan fingerprint density at radius 3 is 2.79 bits per heavy atom. The quantitative estimate of drug-likeness (QED) is 0.558. The second kappa shape index (κ2) is 5.27. The molecule has 3 nitrogen and oxygen atoms in total. The molecule has 0 saturated heterocycles. The van der Waals surface area contributed by atoms with Crippen molar-refractivity contribution in [3.8, 4) is 0 Å². The van der Waals surface area contributed by atoms with E-state index in [1.807, 2.05) is 19.2 Å². The van der Waals surface area contributed by atoms with Crippen LogP contribution in [0.25, 0.3) is 0 Å². The summed E-state index contributed by atoms with van der Waals surface area (Å²) in [6, 6.07) is 8.17. The zero-order valence-electron chi connectivity index (χ0n) is 8.58. The number of benzene rings is 1. The lowest BCUT2D eigenvalue weighted by Gasteiger charge is -2.20. The van der Waals surface area contributed by atoms with Gasteiger partial charge >= 0.3 is 6.41 Å². The van der Waals surface area contributed by atoms with Gasteiger partial charge in [0.25, 0.3) is 0 Å². The van der Waals surface area contributed by atoms with E-state index in [-0.39, 0.29) is 0 Å². The van der Waals surface area contributed by atoms with Crippen molar-refractivity contribution in [1.29, 1.82) is 0 Å². The summed E-state index contributed by atoms with van der Waals surface area (Å²) in [5, 5.41) is 2.52. The van der Waals surface area contributed by atoms with Crippen molar-refractivity contribution in [3.63, 3.8) is 0 Å². The molecule has 0 fully saturated rings. The van der Waals surface area contributed by atoms with E-state index in [1.54, 1.807) is 6.41 Å². The number of nitrogens with one attached hydrogen (secondary N) is 1. The highest BCUT2D eigenvalue weighted by Crippen LogP contribution is 2.16. The Labute approximate surface area is 84.7 Å². The van der Waals surface area contributed by atoms with E-state index in [4.69, 9.17) is 0 Å². The summed E-state index contributed by atoms with van der Waals surface area (Å²) in [6.45, 7) is 3.49. The highest BCUT2D eigenvalue weighted by Gasteiger charge is 2.01. The SMILES string of the molecule is Cc1ccccc1N(C)CCN[C]=O. The Hall–Kier alpha value is -1.51. The molecule has 0 atom stereocenters. The smallest absolute Gasteiger partial charge is 0.309 e. The van der Waals surface area contributed by atoms with E-state index in [9.17, 15) is 4.79 Å². The predicted molar refractivity (Wildman–Crippen MR) is 58.1 cm³/mol. The number of anilines is 1. The molecule has 0 spiro atoms. The number of nitrogens with zero attached hydrogens (tertiary/aromatic N) is 1. The first-order valence-corrected chi connectivity index (χ1v) is 4.62. The molecule has 3 heteroatoms. The molecule has 1 rings (SSSR count). The van der Waals surface area contributed by atoms with E-state index >= 15 is 0 Å². The molecule has 75 valence electrons. The van der Waals surface area contributed by atoms with Crippen LogP contribution in [0.15, 0.2) is 24.3 Å². The Morgan fingerprint density at radius 1 is 1.43 bits per heavy atom. The van der Waals surface area contributed by atoms with Gasteiger partial charge < -0.3 is 10.2 Å². The van der Waals surface area contributed by atoms with Crippen molar-refractivity contribution in [2.75, 3.05) is 25.0 Å². The monoisotopic (exact) mass is 191 g/mol. The molecular weight excluding hydrogens is 176 g/mol. The molecule has 0 aromatic heterocycles. The van der Waals surface area contributed by atoms with Gasteiger partial charge in [-0.1, -0.05) is 18.2 Å². The van der Waals surface area contributed by atoms with Gasteiger partial charge in [0, 0.05) is 25.8 Å². The number of likely N-dealkylation sites (N-methyl/N-ethyl adjacent to an activating group) is 1. The molecule has 1 aromatic rings. The Kier molecular flexibility index (Phi) is 3.98. The largest absolute Gasteiger partial charge is 0.373 e. The number of hydrogen-bond acceptors (Lipinski definition) is 2. The Morgan fingerprint density at radius 2 is 2.14 bits per heavy atom. The maximum absolute atomic E-state index is 9.94. The molecule has 0 bridgehead atoms. The van der Waals surface area contributed by atoms with Gasteiger partial charge in [-0.2, -0.15) is 0 Å². The van der Waals surface area contributed by atoms with Crippen molar-refractivity contribution < 1.29 is 4.79 Å². The van der Waals surface area contributed by atoms with Gasteiger partial charge in [-0.05, 0) is 18.6 Å². The van der Waals surface area contributed by atoms with Gasteiger partial charge in [0.1, 0.15) is 0 Å². The molecule has 14 heavy (non-hydrogen) atoms. The predicted octanol–water partition coefficient (Wildman–Crippen LogP) is 1.09. The van der Waals surface area contributed by atoms with E-state index in [0.717, 1.165) is 6.54 Å². The number of para-hydroxylation sites is 1. The molecule has 0 heterocycles. The van der Waals surface area contributed by atoms with Crippen molar-refractivity contribution in [3.05, 3.63) is 29.8 Å². The first-order valence-electron chi connectivity index (χ1n) is 4.62. The van der Waals surface area contributed by atoms with Crippen LogP contribution in [-0.2, 0) is 4.79 Å². The van der Waals surface area contributed by atoms with Crippen molar-refractivity contribution in [1.82, 2.24) is 5.32 Å². The van der Waals surface area contributed by atoms with Gasteiger partial charge in [0.15, 0.2) is 0 Å². The van der Waals surface area contributed by atoms with Crippen LogP contribution in [0.3, 0.4) is 0 Å². The van der Waals surface area contributed by atoms with Gasteiger partial charge in [-0.3, -0.25) is 4.79 Å². The summed E-state index contributed by atoms with van der Waals surface area (Å²) in [5.74, 6) is 0. The minimum Gasteiger partial charge on any atom is -0.373 e. The number of aryl methyl sites for hydroxylation is 1. The number of amides is 1.